The standard InChI is InChI=1S/C7H7NO.C5H8O2/c9-6-8-7-4-2-1-3-5-7;1-4(6)3-5(2)7/h1-6H,(H,8,9);3H2,1-2H3. The molecule has 16 heavy (non-hydrogen) atoms. The highest BCUT2D eigenvalue weighted by molar-refractivity contribution is 5.96. The zero-order chi connectivity index (χ0) is 12.4. The van der Waals surface area contributed by atoms with Gasteiger partial charge in [-0.1, -0.05) is 18.2 Å². The van der Waals surface area contributed by atoms with Crippen molar-refractivity contribution in [2.24, 2.45) is 0 Å². The van der Waals surface area contributed by atoms with Gasteiger partial charge in [0, 0.05) is 5.69 Å². The Balaban J connectivity index is 0.000000293. The van der Waals surface area contributed by atoms with Crippen LogP contribution < -0.4 is 5.32 Å². The topological polar surface area (TPSA) is 63.2 Å². The van der Waals surface area contributed by atoms with Gasteiger partial charge in [0.15, 0.2) is 0 Å². The van der Waals surface area contributed by atoms with Crippen LogP contribution in [0.15, 0.2) is 30.3 Å². The lowest BCUT2D eigenvalue weighted by Gasteiger charge is -1.93. The van der Waals surface area contributed by atoms with Crippen molar-refractivity contribution < 1.29 is 14.4 Å². The molecule has 0 spiro atoms. The first-order chi connectivity index (χ1) is 7.56. The molecule has 0 aliphatic rings. The van der Waals surface area contributed by atoms with E-state index in [9.17, 15) is 14.4 Å². The molecule has 1 amide bonds. The minimum absolute atomic E-state index is 0.0625. The normalized spacial score (nSPS) is 8.38. The summed E-state index contributed by atoms with van der Waals surface area (Å²) < 4.78 is 0. The number of hydrogen-bond donors (Lipinski definition) is 1. The molecule has 0 aliphatic heterocycles. The van der Waals surface area contributed by atoms with Crippen molar-refractivity contribution in [2.75, 3.05) is 5.32 Å². The summed E-state index contributed by atoms with van der Waals surface area (Å²) in [6, 6.07) is 9.29. The molecule has 0 saturated heterocycles. The van der Waals surface area contributed by atoms with Crippen molar-refractivity contribution in [1.29, 1.82) is 0 Å². The first kappa shape index (κ1) is 14.0. The Morgan fingerprint density at radius 1 is 1.12 bits per heavy atom. The zero-order valence-electron chi connectivity index (χ0n) is 9.40. The van der Waals surface area contributed by atoms with Crippen LogP contribution in [0.1, 0.15) is 20.3 Å². The Morgan fingerprint density at radius 2 is 1.62 bits per heavy atom. The highest BCUT2D eigenvalue weighted by Crippen LogP contribution is 2.01. The second-order valence-electron chi connectivity index (χ2n) is 3.21. The molecule has 4 heteroatoms. The van der Waals surface area contributed by atoms with Crippen LogP contribution in [0.4, 0.5) is 5.69 Å². The molecule has 1 N–H and O–H groups in total. The first-order valence-corrected chi connectivity index (χ1v) is 4.80. The van der Waals surface area contributed by atoms with Gasteiger partial charge in [-0.2, -0.15) is 0 Å². The smallest absolute Gasteiger partial charge is 0.211 e. The summed E-state index contributed by atoms with van der Waals surface area (Å²) in [5.41, 5.74) is 0.826. The molecule has 0 bridgehead atoms. The van der Waals surface area contributed by atoms with E-state index in [0.29, 0.717) is 6.41 Å². The van der Waals surface area contributed by atoms with E-state index in [-0.39, 0.29) is 18.0 Å². The van der Waals surface area contributed by atoms with E-state index in [1.54, 1.807) is 0 Å². The number of carbonyl (C=O) groups excluding carboxylic acids is 3. The fourth-order valence-corrected chi connectivity index (χ4v) is 0.953. The lowest BCUT2D eigenvalue weighted by atomic mass is 10.2. The Kier molecular flexibility index (Phi) is 7.32. The number of ketones is 2. The minimum Gasteiger partial charge on any atom is -0.329 e. The van der Waals surface area contributed by atoms with E-state index in [1.807, 2.05) is 30.3 Å². The number of hydrogen-bond acceptors (Lipinski definition) is 3. The monoisotopic (exact) mass is 221 g/mol. The molecule has 1 aromatic rings. The van der Waals surface area contributed by atoms with E-state index in [1.165, 1.54) is 13.8 Å². The van der Waals surface area contributed by atoms with Gasteiger partial charge >= 0.3 is 0 Å². The van der Waals surface area contributed by atoms with Gasteiger partial charge in [0.05, 0.1) is 6.42 Å². The van der Waals surface area contributed by atoms with E-state index < -0.39 is 0 Å². The van der Waals surface area contributed by atoms with Gasteiger partial charge in [-0.15, -0.1) is 0 Å². The molecule has 0 saturated carbocycles. The Hall–Kier alpha value is -1.97. The Labute approximate surface area is 94.7 Å². The van der Waals surface area contributed by atoms with Crippen molar-refractivity contribution in [3.05, 3.63) is 30.3 Å². The highest BCUT2D eigenvalue weighted by Gasteiger charge is 1.94. The second kappa shape index (κ2) is 8.35. The number of rotatable bonds is 4. The van der Waals surface area contributed by atoms with Gasteiger partial charge in [-0.3, -0.25) is 14.4 Å². The quantitative estimate of drug-likeness (QED) is 0.623. The summed E-state index contributed by atoms with van der Waals surface area (Å²) in [4.78, 5) is 29.9. The Bertz CT molecular complexity index is 335. The number of para-hydroxylation sites is 1. The largest absolute Gasteiger partial charge is 0.329 e. The van der Waals surface area contributed by atoms with E-state index in [0.717, 1.165) is 5.69 Å². The lowest BCUT2D eigenvalue weighted by Crippen LogP contribution is -1.97. The summed E-state index contributed by atoms with van der Waals surface area (Å²) in [6.45, 7) is 2.81. The average Bonchev–Trinajstić information content (AvgIpc) is 2.18. The van der Waals surface area contributed by atoms with E-state index >= 15 is 0 Å². The van der Waals surface area contributed by atoms with Gasteiger partial charge in [0.1, 0.15) is 11.6 Å². The molecule has 1 rings (SSSR count). The van der Waals surface area contributed by atoms with Crippen LogP contribution in [0.25, 0.3) is 0 Å². The maximum absolute atomic E-state index is 10.0. The third-order valence-corrected chi connectivity index (χ3v) is 1.50. The van der Waals surface area contributed by atoms with Crippen molar-refractivity contribution in [1.82, 2.24) is 0 Å². The van der Waals surface area contributed by atoms with E-state index in [2.05, 4.69) is 5.32 Å². The van der Waals surface area contributed by atoms with Gasteiger partial charge in [0.2, 0.25) is 6.41 Å². The Morgan fingerprint density at radius 3 is 1.94 bits per heavy atom. The SMILES string of the molecule is CC(=O)CC(C)=O.O=CNc1ccccc1. The van der Waals surface area contributed by atoms with Gasteiger partial charge in [-0.05, 0) is 26.0 Å². The zero-order valence-corrected chi connectivity index (χ0v) is 9.40. The van der Waals surface area contributed by atoms with Crippen LogP contribution >= 0.6 is 0 Å². The molecule has 0 radical (unpaired) electrons. The molecule has 0 unspecified atom stereocenters. The van der Waals surface area contributed by atoms with Crippen molar-refractivity contribution in [2.45, 2.75) is 20.3 Å². The fourth-order valence-electron chi connectivity index (χ4n) is 0.953. The fraction of sp³-hybridized carbons (Fsp3) is 0.250. The average molecular weight is 221 g/mol. The second-order valence-corrected chi connectivity index (χ2v) is 3.21. The number of amides is 1. The number of anilines is 1. The van der Waals surface area contributed by atoms with Crippen molar-refractivity contribution >= 4 is 23.7 Å². The molecular formula is C12H15NO3. The van der Waals surface area contributed by atoms with Crippen LogP contribution in [-0.4, -0.2) is 18.0 Å². The third-order valence-electron chi connectivity index (χ3n) is 1.50. The van der Waals surface area contributed by atoms with Gasteiger partial charge < -0.3 is 5.32 Å². The van der Waals surface area contributed by atoms with Crippen LogP contribution in [0, 0.1) is 0 Å². The van der Waals surface area contributed by atoms with Crippen molar-refractivity contribution in [3.8, 4) is 0 Å². The van der Waals surface area contributed by atoms with Crippen LogP contribution in [0.3, 0.4) is 0 Å². The molecule has 1 aromatic carbocycles. The molecule has 0 heterocycles. The van der Waals surface area contributed by atoms with Crippen molar-refractivity contribution in [3.63, 3.8) is 0 Å². The first-order valence-electron chi connectivity index (χ1n) is 4.80. The van der Waals surface area contributed by atoms with Gasteiger partial charge in [-0.25, -0.2) is 0 Å². The number of carbonyl (C=O) groups is 3. The number of nitrogens with one attached hydrogen (secondary N) is 1. The van der Waals surface area contributed by atoms with Gasteiger partial charge in [0.25, 0.3) is 0 Å². The highest BCUT2D eigenvalue weighted by atomic mass is 16.1. The molecular weight excluding hydrogens is 206 g/mol. The summed E-state index contributed by atoms with van der Waals surface area (Å²) in [5.74, 6) is -0.125. The molecule has 0 aliphatic carbocycles. The maximum atomic E-state index is 10.0. The van der Waals surface area contributed by atoms with Crippen LogP contribution in [0.2, 0.25) is 0 Å². The van der Waals surface area contributed by atoms with Crippen LogP contribution in [0.5, 0.6) is 0 Å². The molecule has 4 nitrogen and oxygen atoms in total. The summed E-state index contributed by atoms with van der Waals surface area (Å²) in [5, 5.41) is 2.53. The maximum Gasteiger partial charge on any atom is 0.211 e. The molecule has 86 valence electrons. The molecule has 0 aromatic heterocycles. The van der Waals surface area contributed by atoms with Crippen LogP contribution in [-0.2, 0) is 14.4 Å². The summed E-state index contributed by atoms with van der Waals surface area (Å²) >= 11 is 0. The number of benzene rings is 1. The summed E-state index contributed by atoms with van der Waals surface area (Å²) in [6.07, 6.45) is 0.745. The summed E-state index contributed by atoms with van der Waals surface area (Å²) in [7, 11) is 0. The molecule has 0 fully saturated rings. The number of Topliss-reactive ketones (excluding diaryl/α,β-unsaturated/α-hetero) is 2. The predicted molar refractivity (Wildman–Crippen MR) is 62.1 cm³/mol. The third kappa shape index (κ3) is 8.62. The van der Waals surface area contributed by atoms with E-state index in [4.69, 9.17) is 0 Å². The predicted octanol–water partition coefficient (Wildman–Crippen LogP) is 1.81. The lowest BCUT2D eigenvalue weighted by molar-refractivity contribution is -0.124. The molecule has 0 atom stereocenters. The minimum atomic E-state index is -0.0625.